The van der Waals surface area contributed by atoms with Crippen LogP contribution in [0, 0.1) is 0 Å². The second-order valence-electron chi connectivity index (χ2n) is 12.9. The largest absolute Gasteiger partial charge is 0.456 e. The van der Waals surface area contributed by atoms with Gasteiger partial charge in [-0.25, -0.2) is 0 Å². The molecule has 0 bridgehead atoms. The van der Waals surface area contributed by atoms with Crippen LogP contribution in [0.5, 0.6) is 0 Å². The molecule has 0 spiro atoms. The van der Waals surface area contributed by atoms with Gasteiger partial charge in [0.1, 0.15) is 11.2 Å². The van der Waals surface area contributed by atoms with Crippen LogP contribution in [0.2, 0.25) is 0 Å². The molecule has 0 aliphatic carbocycles. The highest BCUT2D eigenvalue weighted by molar-refractivity contribution is 6.26. The highest BCUT2D eigenvalue weighted by Crippen LogP contribution is 2.42. The van der Waals surface area contributed by atoms with E-state index >= 15 is 0 Å². The van der Waals surface area contributed by atoms with E-state index in [-0.39, 0.29) is 0 Å². The van der Waals surface area contributed by atoms with Crippen LogP contribution < -0.4 is 0 Å². The zero-order chi connectivity index (χ0) is 32.1. The summed E-state index contributed by atoms with van der Waals surface area (Å²) in [4.78, 5) is 0. The standard InChI is InChI=1S/C46H28N2O/c1-2-10-31(11-3-1)47-40-15-7-5-13-34(40)39-28-30(20-26-42(39)47)29-18-21-32(22-19-29)48-41-16-8-4-12-33(41)36-24-23-35-37(46(36)48)25-27-44-45(35)38-14-6-9-17-43(38)49-44/h1-28H. The molecular weight excluding hydrogens is 597 g/mol. The molecule has 0 amide bonds. The maximum atomic E-state index is 6.27. The summed E-state index contributed by atoms with van der Waals surface area (Å²) in [5.41, 5.74) is 11.4. The van der Waals surface area contributed by atoms with Gasteiger partial charge in [0.2, 0.25) is 0 Å². The monoisotopic (exact) mass is 624 g/mol. The Morgan fingerprint density at radius 3 is 1.71 bits per heavy atom. The molecule has 49 heavy (non-hydrogen) atoms. The van der Waals surface area contributed by atoms with Crippen molar-refractivity contribution in [2.45, 2.75) is 0 Å². The Labute approximate surface area is 281 Å². The van der Waals surface area contributed by atoms with Gasteiger partial charge in [0.05, 0.1) is 22.1 Å². The molecule has 0 fully saturated rings. The minimum atomic E-state index is 0.920. The van der Waals surface area contributed by atoms with Crippen molar-refractivity contribution in [3.05, 3.63) is 170 Å². The van der Waals surface area contributed by atoms with E-state index in [1.54, 1.807) is 0 Å². The van der Waals surface area contributed by atoms with Gasteiger partial charge in [-0.15, -0.1) is 0 Å². The number of hydrogen-bond donors (Lipinski definition) is 0. The molecule has 0 radical (unpaired) electrons. The highest BCUT2D eigenvalue weighted by atomic mass is 16.3. The van der Waals surface area contributed by atoms with Gasteiger partial charge in [0, 0.05) is 49.1 Å². The summed E-state index contributed by atoms with van der Waals surface area (Å²) in [5, 5.41) is 9.77. The van der Waals surface area contributed by atoms with Crippen molar-refractivity contribution in [2.24, 2.45) is 0 Å². The Morgan fingerprint density at radius 2 is 0.898 bits per heavy atom. The summed E-state index contributed by atoms with van der Waals surface area (Å²) in [6.45, 7) is 0. The third kappa shape index (κ3) is 3.73. The van der Waals surface area contributed by atoms with Crippen molar-refractivity contribution in [1.29, 1.82) is 0 Å². The lowest BCUT2D eigenvalue weighted by Crippen LogP contribution is -1.95. The van der Waals surface area contributed by atoms with E-state index in [0.717, 1.165) is 22.2 Å². The molecule has 11 rings (SSSR count). The number of fused-ring (bicyclic) bond motifs is 12. The predicted molar refractivity (Wildman–Crippen MR) is 205 cm³/mol. The molecular formula is C46H28N2O. The Hall–Kier alpha value is -6.58. The summed E-state index contributed by atoms with van der Waals surface area (Å²) in [6, 6.07) is 61.3. The van der Waals surface area contributed by atoms with Gasteiger partial charge in [-0.3, -0.25) is 0 Å². The molecule has 0 saturated carbocycles. The average molecular weight is 625 g/mol. The van der Waals surface area contributed by atoms with Gasteiger partial charge >= 0.3 is 0 Å². The van der Waals surface area contributed by atoms with Crippen molar-refractivity contribution >= 4 is 76.3 Å². The summed E-state index contributed by atoms with van der Waals surface area (Å²) in [5.74, 6) is 0. The third-order valence-corrected chi connectivity index (χ3v) is 10.3. The number of aromatic nitrogens is 2. The van der Waals surface area contributed by atoms with Crippen LogP contribution in [-0.2, 0) is 0 Å². The average Bonchev–Trinajstić information content (AvgIpc) is 3.83. The van der Waals surface area contributed by atoms with Gasteiger partial charge < -0.3 is 13.6 Å². The van der Waals surface area contributed by atoms with Crippen LogP contribution in [0.3, 0.4) is 0 Å². The topological polar surface area (TPSA) is 23.0 Å². The first-order valence-electron chi connectivity index (χ1n) is 16.8. The lowest BCUT2D eigenvalue weighted by molar-refractivity contribution is 0.669. The van der Waals surface area contributed by atoms with E-state index in [1.165, 1.54) is 76.6 Å². The van der Waals surface area contributed by atoms with Crippen molar-refractivity contribution < 1.29 is 4.42 Å². The Kier molecular flexibility index (Phi) is 5.38. The Bertz CT molecular complexity index is 3090. The number of furan rings is 1. The van der Waals surface area contributed by atoms with Crippen LogP contribution in [0.1, 0.15) is 0 Å². The van der Waals surface area contributed by atoms with Crippen LogP contribution >= 0.6 is 0 Å². The van der Waals surface area contributed by atoms with Crippen LogP contribution in [-0.4, -0.2) is 9.13 Å². The molecule has 8 aromatic carbocycles. The minimum Gasteiger partial charge on any atom is -0.456 e. The lowest BCUT2D eigenvalue weighted by atomic mass is 10.0. The fourth-order valence-corrected chi connectivity index (χ4v) is 8.17. The first-order chi connectivity index (χ1) is 24.3. The fraction of sp³-hybridized carbons (Fsp3) is 0. The second kappa shape index (κ2) is 9.96. The fourth-order valence-electron chi connectivity index (χ4n) is 8.17. The van der Waals surface area contributed by atoms with Crippen LogP contribution in [0.15, 0.2) is 174 Å². The zero-order valence-electron chi connectivity index (χ0n) is 26.5. The van der Waals surface area contributed by atoms with Crippen LogP contribution in [0.25, 0.3) is 98.8 Å². The molecule has 0 aliphatic rings. The maximum Gasteiger partial charge on any atom is 0.136 e. The zero-order valence-corrected chi connectivity index (χ0v) is 26.5. The van der Waals surface area contributed by atoms with Gasteiger partial charge in [0.25, 0.3) is 0 Å². The van der Waals surface area contributed by atoms with E-state index in [4.69, 9.17) is 4.42 Å². The summed E-state index contributed by atoms with van der Waals surface area (Å²) in [6.07, 6.45) is 0. The second-order valence-corrected chi connectivity index (χ2v) is 12.9. The third-order valence-electron chi connectivity index (χ3n) is 10.3. The number of hydrogen-bond acceptors (Lipinski definition) is 1. The molecule has 11 aromatic rings. The van der Waals surface area contributed by atoms with E-state index in [0.29, 0.717) is 0 Å². The van der Waals surface area contributed by atoms with E-state index < -0.39 is 0 Å². The maximum absolute atomic E-state index is 6.27. The Balaban J connectivity index is 1.10. The summed E-state index contributed by atoms with van der Waals surface area (Å²) < 4.78 is 11.1. The number of benzene rings is 8. The number of para-hydroxylation sites is 4. The first-order valence-corrected chi connectivity index (χ1v) is 16.8. The lowest BCUT2D eigenvalue weighted by Gasteiger charge is -2.12. The number of nitrogens with zero attached hydrogens (tertiary/aromatic N) is 2. The smallest absolute Gasteiger partial charge is 0.136 e. The molecule has 0 unspecified atom stereocenters. The van der Waals surface area contributed by atoms with Gasteiger partial charge in [-0.05, 0) is 83.2 Å². The van der Waals surface area contributed by atoms with E-state index in [1.807, 2.05) is 6.07 Å². The molecule has 0 saturated heterocycles. The van der Waals surface area contributed by atoms with Crippen molar-refractivity contribution in [3.8, 4) is 22.5 Å². The SMILES string of the molecule is c1ccc(-n2c3ccccc3c3cc(-c4ccc(-n5c6ccccc6c6ccc7c(ccc8oc9ccccc9c87)c65)cc4)ccc32)cc1. The molecule has 3 heteroatoms. The summed E-state index contributed by atoms with van der Waals surface area (Å²) in [7, 11) is 0. The molecule has 3 heterocycles. The Morgan fingerprint density at radius 1 is 0.327 bits per heavy atom. The molecule has 3 aromatic heterocycles. The number of rotatable bonds is 3. The van der Waals surface area contributed by atoms with Gasteiger partial charge in [-0.1, -0.05) is 103 Å². The molecule has 3 nitrogen and oxygen atoms in total. The van der Waals surface area contributed by atoms with Crippen molar-refractivity contribution in [1.82, 2.24) is 9.13 Å². The van der Waals surface area contributed by atoms with Gasteiger partial charge in [-0.2, -0.15) is 0 Å². The van der Waals surface area contributed by atoms with Crippen molar-refractivity contribution in [2.75, 3.05) is 0 Å². The molecule has 0 aliphatic heterocycles. The highest BCUT2D eigenvalue weighted by Gasteiger charge is 2.18. The minimum absolute atomic E-state index is 0.920. The first kappa shape index (κ1) is 26.5. The van der Waals surface area contributed by atoms with Crippen molar-refractivity contribution in [3.63, 3.8) is 0 Å². The predicted octanol–water partition coefficient (Wildman–Crippen LogP) is 12.6. The quantitative estimate of drug-likeness (QED) is 0.192. The summed E-state index contributed by atoms with van der Waals surface area (Å²) >= 11 is 0. The van der Waals surface area contributed by atoms with E-state index in [9.17, 15) is 0 Å². The molecule has 0 atom stereocenters. The van der Waals surface area contributed by atoms with E-state index in [2.05, 4.69) is 173 Å². The van der Waals surface area contributed by atoms with Crippen LogP contribution in [0.4, 0.5) is 0 Å². The van der Waals surface area contributed by atoms with Gasteiger partial charge in [0.15, 0.2) is 0 Å². The normalized spacial score (nSPS) is 12.1. The molecule has 228 valence electrons. The molecule has 0 N–H and O–H groups in total.